The van der Waals surface area contributed by atoms with Crippen LogP contribution in [0.25, 0.3) is 5.70 Å². The molecule has 3 aliphatic heterocycles. The van der Waals surface area contributed by atoms with Gasteiger partial charge in [-0.1, -0.05) is 48.0 Å². The van der Waals surface area contributed by atoms with Gasteiger partial charge in [0.05, 0.1) is 5.70 Å². The van der Waals surface area contributed by atoms with Crippen molar-refractivity contribution in [2.75, 3.05) is 30.5 Å². The van der Waals surface area contributed by atoms with Crippen molar-refractivity contribution in [3.8, 4) is 11.5 Å². The molecule has 0 bridgehead atoms. The van der Waals surface area contributed by atoms with E-state index in [2.05, 4.69) is 45.9 Å². The van der Waals surface area contributed by atoms with Crippen molar-refractivity contribution < 1.29 is 9.47 Å². The van der Waals surface area contributed by atoms with Gasteiger partial charge in [0.1, 0.15) is 31.9 Å². The van der Waals surface area contributed by atoms with Crippen LogP contribution in [0.3, 0.4) is 0 Å². The lowest BCUT2D eigenvalue weighted by Gasteiger charge is -2.42. The Morgan fingerprint density at radius 2 is 1.78 bits per heavy atom. The monoisotopic (exact) mass is 444 g/mol. The molecule has 0 spiro atoms. The second kappa shape index (κ2) is 7.80. The third-order valence-corrected chi connectivity index (χ3v) is 6.14. The zero-order valence-corrected chi connectivity index (χ0v) is 18.0. The van der Waals surface area contributed by atoms with Crippen molar-refractivity contribution >= 4 is 34.5 Å². The van der Waals surface area contributed by atoms with E-state index in [4.69, 9.17) is 26.1 Å². The number of hydrogen-bond donors (Lipinski definition) is 2. The van der Waals surface area contributed by atoms with Crippen LogP contribution in [-0.4, -0.2) is 30.6 Å². The maximum Gasteiger partial charge on any atom is 0.163 e. The predicted molar refractivity (Wildman–Crippen MR) is 127 cm³/mol. The lowest BCUT2D eigenvalue weighted by molar-refractivity contribution is 0.171. The van der Waals surface area contributed by atoms with Crippen molar-refractivity contribution in [1.29, 1.82) is 0 Å². The minimum Gasteiger partial charge on any atom is -0.486 e. The molecular formula is C25H21ClN4O2. The number of nitrogens with one attached hydrogen (secondary N) is 2. The van der Waals surface area contributed by atoms with Gasteiger partial charge in [-0.15, -0.1) is 0 Å². The maximum atomic E-state index is 6.55. The highest BCUT2D eigenvalue weighted by Gasteiger charge is 2.32. The van der Waals surface area contributed by atoms with Crippen LogP contribution in [-0.2, 0) is 0 Å². The Labute approximate surface area is 191 Å². The van der Waals surface area contributed by atoms with Crippen LogP contribution < -0.4 is 20.1 Å². The Balaban J connectivity index is 1.35. The van der Waals surface area contributed by atoms with E-state index in [1.54, 1.807) is 0 Å². The van der Waals surface area contributed by atoms with Crippen LogP contribution >= 0.6 is 11.6 Å². The van der Waals surface area contributed by atoms with E-state index in [0.29, 0.717) is 19.9 Å². The molecule has 3 aromatic carbocycles. The summed E-state index contributed by atoms with van der Waals surface area (Å²) in [6.07, 6.45) is 1.98. The summed E-state index contributed by atoms with van der Waals surface area (Å²) in [6.45, 7) is 1.63. The Kier molecular flexibility index (Phi) is 4.65. The first-order valence-electron chi connectivity index (χ1n) is 10.6. The molecule has 0 aliphatic carbocycles. The number of benzene rings is 3. The molecule has 32 heavy (non-hydrogen) atoms. The molecule has 0 amide bonds. The normalized spacial score (nSPS) is 18.5. The largest absolute Gasteiger partial charge is 0.486 e. The number of para-hydroxylation sites is 1. The van der Waals surface area contributed by atoms with Gasteiger partial charge in [-0.2, -0.15) is 0 Å². The van der Waals surface area contributed by atoms with Crippen molar-refractivity contribution in [2.24, 2.45) is 4.99 Å². The SMILES string of the molecule is Clc1ccccc1C1Nc2ccccc2C2=CC(Nc3ccc4c(c3)OCCO4)=NCN21. The fourth-order valence-corrected chi connectivity index (χ4v) is 4.52. The van der Waals surface area contributed by atoms with Crippen LogP contribution in [0.15, 0.2) is 77.8 Å². The van der Waals surface area contributed by atoms with Crippen molar-refractivity contribution in [3.63, 3.8) is 0 Å². The summed E-state index contributed by atoms with van der Waals surface area (Å²) >= 11 is 6.55. The molecule has 3 aliphatic rings. The van der Waals surface area contributed by atoms with Gasteiger partial charge in [0, 0.05) is 39.7 Å². The second-order valence-corrected chi connectivity index (χ2v) is 8.19. The van der Waals surface area contributed by atoms with Gasteiger partial charge in [0.2, 0.25) is 0 Å². The number of anilines is 2. The number of rotatable bonds is 2. The standard InChI is InChI=1S/C25H21ClN4O2/c26-19-7-3-1-5-17(19)25-29-20-8-4-2-6-18(20)21-14-24(27-15-30(21)25)28-16-9-10-22-23(13-16)32-12-11-31-22/h1-10,13-14,25,29H,11-12,15H2,(H,27,28). The Bertz CT molecular complexity index is 1260. The molecule has 6 nitrogen and oxygen atoms in total. The first-order chi connectivity index (χ1) is 15.8. The van der Waals surface area contributed by atoms with E-state index in [-0.39, 0.29) is 6.17 Å². The summed E-state index contributed by atoms with van der Waals surface area (Å²) in [7, 11) is 0. The molecule has 2 N–H and O–H groups in total. The van der Waals surface area contributed by atoms with Gasteiger partial charge in [0.25, 0.3) is 0 Å². The molecule has 1 atom stereocenters. The summed E-state index contributed by atoms with van der Waals surface area (Å²) in [5, 5.41) is 7.79. The fraction of sp³-hybridized carbons (Fsp3) is 0.160. The van der Waals surface area contributed by atoms with E-state index < -0.39 is 0 Å². The number of nitrogens with zero attached hydrogens (tertiary/aromatic N) is 2. The van der Waals surface area contributed by atoms with Gasteiger partial charge in [-0.3, -0.25) is 0 Å². The molecule has 3 heterocycles. The highest BCUT2D eigenvalue weighted by molar-refractivity contribution is 6.31. The maximum absolute atomic E-state index is 6.55. The molecule has 1 unspecified atom stereocenters. The van der Waals surface area contributed by atoms with Crippen molar-refractivity contribution in [3.05, 3.63) is 89.0 Å². The molecule has 6 rings (SSSR count). The first kappa shape index (κ1) is 19.1. The minimum atomic E-state index is -0.107. The Morgan fingerprint density at radius 1 is 0.969 bits per heavy atom. The average Bonchev–Trinajstić information content (AvgIpc) is 2.84. The number of fused-ring (bicyclic) bond motifs is 4. The average molecular weight is 445 g/mol. The summed E-state index contributed by atoms with van der Waals surface area (Å²) in [4.78, 5) is 7.03. The van der Waals surface area contributed by atoms with Gasteiger partial charge in [-0.25, -0.2) is 4.99 Å². The molecular weight excluding hydrogens is 424 g/mol. The number of hydrogen-bond acceptors (Lipinski definition) is 6. The molecule has 0 aromatic heterocycles. The molecule has 0 saturated carbocycles. The Hall–Kier alpha value is -3.64. The zero-order chi connectivity index (χ0) is 21.5. The number of ether oxygens (including phenoxy) is 2. The topological polar surface area (TPSA) is 58.1 Å². The van der Waals surface area contributed by atoms with Crippen molar-refractivity contribution in [1.82, 2.24) is 4.90 Å². The zero-order valence-electron chi connectivity index (χ0n) is 17.2. The van der Waals surface area contributed by atoms with Crippen LogP contribution in [0.4, 0.5) is 11.4 Å². The summed E-state index contributed by atoms with van der Waals surface area (Å²) < 4.78 is 11.3. The summed E-state index contributed by atoms with van der Waals surface area (Å²) in [5.74, 6) is 2.31. The fourth-order valence-electron chi connectivity index (χ4n) is 4.28. The van der Waals surface area contributed by atoms with Crippen molar-refractivity contribution in [2.45, 2.75) is 6.17 Å². The van der Waals surface area contributed by atoms with E-state index in [1.165, 1.54) is 0 Å². The minimum absolute atomic E-state index is 0.107. The third kappa shape index (κ3) is 3.33. The molecule has 160 valence electrons. The number of aliphatic imine (C=N–C) groups is 1. The van der Waals surface area contributed by atoms with Crippen LogP contribution in [0, 0.1) is 0 Å². The first-order valence-corrected chi connectivity index (χ1v) is 10.9. The van der Waals surface area contributed by atoms with Crippen LogP contribution in [0.5, 0.6) is 11.5 Å². The summed E-state index contributed by atoms with van der Waals surface area (Å²) in [5.41, 5.74) is 5.23. The summed E-state index contributed by atoms with van der Waals surface area (Å²) in [6, 6.07) is 22.1. The predicted octanol–water partition coefficient (Wildman–Crippen LogP) is 5.36. The highest BCUT2D eigenvalue weighted by atomic mass is 35.5. The molecule has 0 fully saturated rings. The smallest absolute Gasteiger partial charge is 0.163 e. The van der Waals surface area contributed by atoms with Gasteiger partial charge in [-0.05, 0) is 24.3 Å². The van der Waals surface area contributed by atoms with E-state index in [9.17, 15) is 0 Å². The molecule has 0 radical (unpaired) electrons. The second-order valence-electron chi connectivity index (χ2n) is 7.78. The third-order valence-electron chi connectivity index (χ3n) is 5.80. The van der Waals surface area contributed by atoms with Gasteiger partial charge < -0.3 is 25.0 Å². The quantitative estimate of drug-likeness (QED) is 0.557. The van der Waals surface area contributed by atoms with E-state index >= 15 is 0 Å². The molecule has 3 aromatic rings. The van der Waals surface area contributed by atoms with Gasteiger partial charge in [0.15, 0.2) is 11.5 Å². The highest BCUT2D eigenvalue weighted by Crippen LogP contribution is 2.42. The molecule has 0 saturated heterocycles. The van der Waals surface area contributed by atoms with E-state index in [1.807, 2.05) is 42.5 Å². The van der Waals surface area contributed by atoms with Crippen LogP contribution in [0.1, 0.15) is 17.3 Å². The lowest BCUT2D eigenvalue weighted by atomic mass is 10.00. The van der Waals surface area contributed by atoms with Gasteiger partial charge >= 0.3 is 0 Å². The van der Waals surface area contributed by atoms with E-state index in [0.717, 1.165) is 50.6 Å². The number of halogens is 1. The number of amidine groups is 1. The molecule has 7 heteroatoms. The Morgan fingerprint density at radius 3 is 2.69 bits per heavy atom. The van der Waals surface area contributed by atoms with Crippen LogP contribution in [0.2, 0.25) is 5.02 Å². The lowest BCUT2D eigenvalue weighted by Crippen LogP contribution is -2.39.